The van der Waals surface area contributed by atoms with Crippen molar-refractivity contribution in [2.45, 2.75) is 393 Å². The third-order valence-electron chi connectivity index (χ3n) is 16.1. The highest BCUT2D eigenvalue weighted by atomic mass is 16.6. The van der Waals surface area contributed by atoms with Crippen LogP contribution in [0.4, 0.5) is 0 Å². The van der Waals surface area contributed by atoms with Crippen molar-refractivity contribution in [3.63, 3.8) is 0 Å². The summed E-state index contributed by atoms with van der Waals surface area (Å²) in [5, 5.41) is 0. The van der Waals surface area contributed by atoms with E-state index in [1.807, 2.05) is 0 Å². The van der Waals surface area contributed by atoms with Crippen LogP contribution in [0.1, 0.15) is 387 Å². The number of hydrogen-bond donors (Lipinski definition) is 0. The maximum atomic E-state index is 12.9. The molecule has 0 fully saturated rings. The molecule has 1 unspecified atom stereocenters. The molecule has 6 heteroatoms. The zero-order chi connectivity index (χ0) is 57.8. The number of allylic oxidation sites excluding steroid dienone is 8. The molecule has 0 amide bonds. The van der Waals surface area contributed by atoms with E-state index in [1.165, 1.54) is 263 Å². The number of carbonyl (C=O) groups excluding carboxylic acids is 3. The van der Waals surface area contributed by atoms with Gasteiger partial charge >= 0.3 is 17.9 Å². The summed E-state index contributed by atoms with van der Waals surface area (Å²) >= 11 is 0. The average molecular weight is 1120 g/mol. The first-order chi connectivity index (χ1) is 39.5. The van der Waals surface area contributed by atoms with Gasteiger partial charge in [-0.3, -0.25) is 14.4 Å². The lowest BCUT2D eigenvalue weighted by Gasteiger charge is -2.18. The molecule has 0 aliphatic rings. The number of unbranched alkanes of at least 4 members (excludes halogenated alkanes) is 47. The summed E-state index contributed by atoms with van der Waals surface area (Å²) in [6.45, 7) is 6.58. The van der Waals surface area contributed by atoms with Gasteiger partial charge in [-0.05, 0) is 57.8 Å². The fraction of sp³-hybridized carbons (Fsp3) is 0.851. The van der Waals surface area contributed by atoms with E-state index in [0.717, 1.165) is 83.5 Å². The summed E-state index contributed by atoms with van der Waals surface area (Å²) in [4.78, 5) is 38.3. The molecule has 0 saturated carbocycles. The van der Waals surface area contributed by atoms with Crippen LogP contribution in [-0.2, 0) is 28.6 Å². The van der Waals surface area contributed by atoms with Crippen molar-refractivity contribution >= 4 is 17.9 Å². The summed E-state index contributed by atoms with van der Waals surface area (Å²) in [6, 6.07) is 0. The van der Waals surface area contributed by atoms with E-state index in [-0.39, 0.29) is 31.1 Å². The maximum absolute atomic E-state index is 12.9. The van der Waals surface area contributed by atoms with Crippen LogP contribution < -0.4 is 0 Å². The molecule has 0 radical (unpaired) electrons. The molecule has 0 rings (SSSR count). The van der Waals surface area contributed by atoms with Crippen LogP contribution in [0.15, 0.2) is 48.6 Å². The smallest absolute Gasteiger partial charge is 0.306 e. The van der Waals surface area contributed by atoms with Crippen LogP contribution in [0.5, 0.6) is 0 Å². The Morgan fingerprint density at radius 3 is 0.762 bits per heavy atom. The normalized spacial score (nSPS) is 12.3. The zero-order valence-electron chi connectivity index (χ0n) is 53.9. The predicted octanol–water partition coefficient (Wildman–Crippen LogP) is 24.5. The van der Waals surface area contributed by atoms with E-state index >= 15 is 0 Å². The molecule has 0 spiro atoms. The monoisotopic (exact) mass is 1120 g/mol. The van der Waals surface area contributed by atoms with Gasteiger partial charge in [0.25, 0.3) is 0 Å². The lowest BCUT2D eigenvalue weighted by Crippen LogP contribution is -2.30. The second-order valence-electron chi connectivity index (χ2n) is 24.1. The number of esters is 3. The molecule has 0 aromatic heterocycles. The Bertz CT molecular complexity index is 1380. The SMILES string of the molecule is CC/C=C\C/C=C\C/C=C\C/C=C\CCCCCCCCCCCCCCCCC(=O)OCC(COC(=O)CCCCCCCCCCC)OC(=O)CCCCCCCCCCCCCCCCCCCCCCCCCCCC. The molecule has 6 nitrogen and oxygen atoms in total. The van der Waals surface area contributed by atoms with Crippen molar-refractivity contribution in [2.24, 2.45) is 0 Å². The van der Waals surface area contributed by atoms with E-state index < -0.39 is 6.10 Å². The van der Waals surface area contributed by atoms with Crippen molar-refractivity contribution in [1.29, 1.82) is 0 Å². The van der Waals surface area contributed by atoms with Crippen LogP contribution in [0.2, 0.25) is 0 Å². The van der Waals surface area contributed by atoms with Gasteiger partial charge in [0.15, 0.2) is 6.10 Å². The van der Waals surface area contributed by atoms with Crippen molar-refractivity contribution in [3.8, 4) is 0 Å². The standard InChI is InChI=1S/C74H136O6/c1-4-7-10-13-16-19-21-23-25-27-29-31-33-35-37-39-40-42-44-46-48-50-52-55-58-61-64-67-73(76)79-70-71(69-78-72(75)66-63-60-57-54-18-15-12-9-6-3)80-74(77)68-65-62-59-56-53-51-49-47-45-43-41-38-36-34-32-30-28-26-24-22-20-17-14-11-8-5-2/h7,10,16,19,23,25,29,31,71H,4-6,8-9,11-15,17-18,20-22,24,26-28,30,32-70H2,1-3H3/b10-7-,19-16-,25-23-,31-29-. The van der Waals surface area contributed by atoms with Gasteiger partial charge in [-0.25, -0.2) is 0 Å². The van der Waals surface area contributed by atoms with Crippen LogP contribution in [0, 0.1) is 0 Å². The molecule has 0 aliphatic heterocycles. The fourth-order valence-corrected chi connectivity index (χ4v) is 10.8. The molecule has 80 heavy (non-hydrogen) atoms. The van der Waals surface area contributed by atoms with Crippen molar-refractivity contribution in [3.05, 3.63) is 48.6 Å². The first-order valence-electron chi connectivity index (χ1n) is 35.6. The Labute approximate surface area is 498 Å². The molecule has 0 heterocycles. The highest BCUT2D eigenvalue weighted by Gasteiger charge is 2.19. The summed E-state index contributed by atoms with van der Waals surface area (Å²) in [6.07, 6.45) is 87.3. The molecule has 1 atom stereocenters. The minimum absolute atomic E-state index is 0.0669. The summed E-state index contributed by atoms with van der Waals surface area (Å²) in [5.74, 6) is -0.843. The Kier molecular flexibility index (Phi) is 66.6. The number of rotatable bonds is 66. The molecule has 468 valence electrons. The molecule has 0 saturated heterocycles. The number of ether oxygens (including phenoxy) is 3. The molecule has 0 bridgehead atoms. The highest BCUT2D eigenvalue weighted by molar-refractivity contribution is 5.71. The van der Waals surface area contributed by atoms with Crippen molar-refractivity contribution < 1.29 is 28.6 Å². The van der Waals surface area contributed by atoms with Crippen LogP contribution in [0.3, 0.4) is 0 Å². The van der Waals surface area contributed by atoms with Gasteiger partial charge in [-0.1, -0.05) is 358 Å². The largest absolute Gasteiger partial charge is 0.462 e. The third kappa shape index (κ3) is 66.2. The third-order valence-corrected chi connectivity index (χ3v) is 16.1. The predicted molar refractivity (Wildman–Crippen MR) is 349 cm³/mol. The van der Waals surface area contributed by atoms with Crippen LogP contribution in [0.25, 0.3) is 0 Å². The first-order valence-corrected chi connectivity index (χ1v) is 35.6. The second-order valence-corrected chi connectivity index (χ2v) is 24.1. The fourth-order valence-electron chi connectivity index (χ4n) is 10.8. The number of hydrogen-bond acceptors (Lipinski definition) is 6. The highest BCUT2D eigenvalue weighted by Crippen LogP contribution is 2.19. The van der Waals surface area contributed by atoms with E-state index in [0.29, 0.717) is 19.3 Å². The molecule has 0 aromatic carbocycles. The number of carbonyl (C=O) groups is 3. The van der Waals surface area contributed by atoms with Gasteiger partial charge in [-0.15, -0.1) is 0 Å². The minimum Gasteiger partial charge on any atom is -0.462 e. The van der Waals surface area contributed by atoms with Gasteiger partial charge in [0.1, 0.15) is 13.2 Å². The summed E-state index contributed by atoms with van der Waals surface area (Å²) in [7, 11) is 0. The lowest BCUT2D eigenvalue weighted by molar-refractivity contribution is -0.167. The summed E-state index contributed by atoms with van der Waals surface area (Å²) in [5.41, 5.74) is 0. The Morgan fingerprint density at radius 1 is 0.263 bits per heavy atom. The first kappa shape index (κ1) is 77.4. The molecular weight excluding hydrogens is 985 g/mol. The quantitative estimate of drug-likeness (QED) is 0.0261. The van der Waals surface area contributed by atoms with E-state index in [2.05, 4.69) is 69.4 Å². The molecule has 0 aromatic rings. The Balaban J connectivity index is 4.10. The molecule has 0 aliphatic carbocycles. The Hall–Kier alpha value is -2.63. The van der Waals surface area contributed by atoms with Crippen LogP contribution in [-0.4, -0.2) is 37.2 Å². The van der Waals surface area contributed by atoms with Gasteiger partial charge in [0.2, 0.25) is 0 Å². The molecular formula is C74H136O6. The minimum atomic E-state index is -0.769. The van der Waals surface area contributed by atoms with Crippen molar-refractivity contribution in [1.82, 2.24) is 0 Å². The van der Waals surface area contributed by atoms with Crippen LogP contribution >= 0.6 is 0 Å². The second kappa shape index (κ2) is 68.9. The van der Waals surface area contributed by atoms with E-state index in [9.17, 15) is 14.4 Å². The Morgan fingerprint density at radius 2 is 0.487 bits per heavy atom. The lowest BCUT2D eigenvalue weighted by atomic mass is 10.0. The summed E-state index contributed by atoms with van der Waals surface area (Å²) < 4.78 is 16.9. The van der Waals surface area contributed by atoms with E-state index in [1.54, 1.807) is 0 Å². The average Bonchev–Trinajstić information content (AvgIpc) is 3.46. The van der Waals surface area contributed by atoms with E-state index in [4.69, 9.17) is 14.2 Å². The van der Waals surface area contributed by atoms with Gasteiger partial charge < -0.3 is 14.2 Å². The van der Waals surface area contributed by atoms with Gasteiger partial charge in [-0.2, -0.15) is 0 Å². The van der Waals surface area contributed by atoms with Gasteiger partial charge in [0.05, 0.1) is 0 Å². The topological polar surface area (TPSA) is 78.9 Å². The maximum Gasteiger partial charge on any atom is 0.306 e. The van der Waals surface area contributed by atoms with Crippen molar-refractivity contribution in [2.75, 3.05) is 13.2 Å². The molecule has 0 N–H and O–H groups in total. The zero-order valence-corrected chi connectivity index (χ0v) is 53.9. The van der Waals surface area contributed by atoms with Gasteiger partial charge in [0, 0.05) is 19.3 Å².